The van der Waals surface area contributed by atoms with Crippen LogP contribution in [0.4, 0.5) is 0 Å². The summed E-state index contributed by atoms with van der Waals surface area (Å²) in [7, 11) is 0. The SMILES string of the molecule is CC(C)n1cc2c(n1)C(CCN)CC2. The second kappa shape index (κ2) is 3.73. The van der Waals surface area contributed by atoms with Crippen molar-refractivity contribution in [2.24, 2.45) is 5.73 Å². The minimum Gasteiger partial charge on any atom is -0.330 e. The van der Waals surface area contributed by atoms with Crippen LogP contribution in [0.15, 0.2) is 6.20 Å². The normalized spacial score (nSPS) is 20.4. The highest BCUT2D eigenvalue weighted by molar-refractivity contribution is 5.27. The van der Waals surface area contributed by atoms with Crippen LogP contribution in [-0.2, 0) is 6.42 Å². The maximum Gasteiger partial charge on any atom is 0.0688 e. The summed E-state index contributed by atoms with van der Waals surface area (Å²) in [6.45, 7) is 5.11. The molecule has 0 spiro atoms. The third-order valence-corrected chi connectivity index (χ3v) is 3.03. The Bertz CT molecular complexity index is 314. The number of aromatic nitrogens is 2. The first-order chi connectivity index (χ1) is 6.72. The molecule has 0 saturated heterocycles. The number of fused-ring (bicyclic) bond motifs is 1. The van der Waals surface area contributed by atoms with Crippen LogP contribution in [0.5, 0.6) is 0 Å². The average molecular weight is 193 g/mol. The van der Waals surface area contributed by atoms with Crippen LogP contribution in [-0.4, -0.2) is 16.3 Å². The van der Waals surface area contributed by atoms with E-state index in [0.717, 1.165) is 13.0 Å². The van der Waals surface area contributed by atoms with Crippen LogP contribution in [0.2, 0.25) is 0 Å². The van der Waals surface area contributed by atoms with Crippen LogP contribution >= 0.6 is 0 Å². The van der Waals surface area contributed by atoms with Gasteiger partial charge in [-0.25, -0.2) is 0 Å². The van der Waals surface area contributed by atoms with E-state index in [1.54, 1.807) is 0 Å². The fourth-order valence-corrected chi connectivity index (χ4v) is 2.19. The Morgan fingerprint density at radius 3 is 3.07 bits per heavy atom. The van der Waals surface area contributed by atoms with Crippen molar-refractivity contribution in [1.29, 1.82) is 0 Å². The van der Waals surface area contributed by atoms with Gasteiger partial charge in [0, 0.05) is 18.2 Å². The fourth-order valence-electron chi connectivity index (χ4n) is 2.19. The van der Waals surface area contributed by atoms with Gasteiger partial charge < -0.3 is 5.73 Å². The molecule has 78 valence electrons. The van der Waals surface area contributed by atoms with Gasteiger partial charge in [0.15, 0.2) is 0 Å². The Hall–Kier alpha value is -0.830. The molecule has 0 bridgehead atoms. The van der Waals surface area contributed by atoms with Gasteiger partial charge >= 0.3 is 0 Å². The molecule has 1 aliphatic carbocycles. The quantitative estimate of drug-likeness (QED) is 0.796. The van der Waals surface area contributed by atoms with Crippen LogP contribution in [0.1, 0.15) is 49.9 Å². The van der Waals surface area contributed by atoms with E-state index in [0.29, 0.717) is 12.0 Å². The minimum atomic E-state index is 0.471. The molecule has 14 heavy (non-hydrogen) atoms. The third kappa shape index (κ3) is 1.57. The summed E-state index contributed by atoms with van der Waals surface area (Å²) in [4.78, 5) is 0. The molecule has 2 N–H and O–H groups in total. The predicted octanol–water partition coefficient (Wildman–Crippen LogP) is 1.84. The van der Waals surface area contributed by atoms with Crippen LogP contribution < -0.4 is 5.73 Å². The number of rotatable bonds is 3. The second-order valence-electron chi connectivity index (χ2n) is 4.43. The fraction of sp³-hybridized carbons (Fsp3) is 0.727. The molecule has 1 aromatic heterocycles. The van der Waals surface area contributed by atoms with E-state index in [1.807, 2.05) is 0 Å². The molecule has 3 nitrogen and oxygen atoms in total. The first-order valence-corrected chi connectivity index (χ1v) is 5.50. The van der Waals surface area contributed by atoms with Gasteiger partial charge in [-0.1, -0.05) is 0 Å². The molecule has 2 rings (SSSR count). The number of nitrogens with zero attached hydrogens (tertiary/aromatic N) is 2. The second-order valence-corrected chi connectivity index (χ2v) is 4.43. The Balaban J connectivity index is 2.21. The molecule has 3 heteroatoms. The summed E-state index contributed by atoms with van der Waals surface area (Å²) in [5.74, 6) is 0.620. The van der Waals surface area contributed by atoms with Crippen LogP contribution in [0.3, 0.4) is 0 Å². The van der Waals surface area contributed by atoms with Crippen molar-refractivity contribution in [3.63, 3.8) is 0 Å². The Morgan fingerprint density at radius 1 is 1.64 bits per heavy atom. The molecule has 1 heterocycles. The zero-order chi connectivity index (χ0) is 10.1. The smallest absolute Gasteiger partial charge is 0.0688 e. The van der Waals surface area contributed by atoms with Crippen molar-refractivity contribution in [3.8, 4) is 0 Å². The lowest BCUT2D eigenvalue weighted by atomic mass is 10.0. The average Bonchev–Trinajstić information content (AvgIpc) is 2.67. The Morgan fingerprint density at radius 2 is 2.43 bits per heavy atom. The van der Waals surface area contributed by atoms with Crippen molar-refractivity contribution in [2.45, 2.75) is 45.1 Å². The van der Waals surface area contributed by atoms with Gasteiger partial charge in [0.1, 0.15) is 0 Å². The highest BCUT2D eigenvalue weighted by atomic mass is 15.3. The molecule has 0 radical (unpaired) electrons. The molecule has 0 amide bonds. The summed E-state index contributed by atoms with van der Waals surface area (Å²) in [5, 5.41) is 4.65. The van der Waals surface area contributed by atoms with Gasteiger partial charge in [-0.2, -0.15) is 5.10 Å². The molecule has 1 aliphatic rings. The van der Waals surface area contributed by atoms with Gasteiger partial charge in [0.25, 0.3) is 0 Å². The topological polar surface area (TPSA) is 43.8 Å². The first kappa shape index (κ1) is 9.71. The molecule has 0 saturated carbocycles. The molecule has 0 aromatic carbocycles. The van der Waals surface area contributed by atoms with Gasteiger partial charge in [0.05, 0.1) is 5.69 Å². The van der Waals surface area contributed by atoms with Crippen molar-refractivity contribution in [1.82, 2.24) is 9.78 Å². The largest absolute Gasteiger partial charge is 0.330 e. The number of hydrogen-bond donors (Lipinski definition) is 1. The third-order valence-electron chi connectivity index (χ3n) is 3.03. The van der Waals surface area contributed by atoms with Gasteiger partial charge in [-0.15, -0.1) is 0 Å². The van der Waals surface area contributed by atoms with Crippen molar-refractivity contribution >= 4 is 0 Å². The number of hydrogen-bond acceptors (Lipinski definition) is 2. The van der Waals surface area contributed by atoms with Crippen molar-refractivity contribution < 1.29 is 0 Å². The summed E-state index contributed by atoms with van der Waals surface area (Å²) in [6.07, 6.45) is 5.72. The summed E-state index contributed by atoms with van der Waals surface area (Å²) in [6, 6.07) is 0.471. The van der Waals surface area contributed by atoms with E-state index in [4.69, 9.17) is 5.73 Å². The molecule has 1 atom stereocenters. The van der Waals surface area contributed by atoms with Crippen LogP contribution in [0, 0.1) is 0 Å². The lowest BCUT2D eigenvalue weighted by molar-refractivity contribution is 0.506. The zero-order valence-corrected chi connectivity index (χ0v) is 9.03. The van der Waals surface area contributed by atoms with E-state index in [1.165, 1.54) is 24.1 Å². The van der Waals surface area contributed by atoms with E-state index < -0.39 is 0 Å². The highest BCUT2D eigenvalue weighted by Gasteiger charge is 2.25. The molecule has 0 aliphatic heterocycles. The molecular formula is C11H19N3. The van der Waals surface area contributed by atoms with E-state index in [-0.39, 0.29) is 0 Å². The zero-order valence-electron chi connectivity index (χ0n) is 9.03. The van der Waals surface area contributed by atoms with Gasteiger partial charge in [-0.05, 0) is 45.2 Å². The van der Waals surface area contributed by atoms with E-state index in [9.17, 15) is 0 Å². The summed E-state index contributed by atoms with van der Waals surface area (Å²) < 4.78 is 2.08. The van der Waals surface area contributed by atoms with Crippen molar-refractivity contribution in [3.05, 3.63) is 17.5 Å². The lowest BCUT2D eigenvalue weighted by Crippen LogP contribution is -2.08. The van der Waals surface area contributed by atoms with E-state index in [2.05, 4.69) is 29.8 Å². The maximum absolute atomic E-state index is 5.60. The summed E-state index contributed by atoms with van der Waals surface area (Å²) >= 11 is 0. The number of nitrogens with two attached hydrogens (primary N) is 1. The standard InChI is InChI=1S/C11H19N3/c1-8(2)14-7-10-4-3-9(5-6-12)11(10)13-14/h7-9H,3-6,12H2,1-2H3. The van der Waals surface area contributed by atoms with Crippen molar-refractivity contribution in [2.75, 3.05) is 6.54 Å². The highest BCUT2D eigenvalue weighted by Crippen LogP contribution is 2.34. The lowest BCUT2D eigenvalue weighted by Gasteiger charge is -2.08. The monoisotopic (exact) mass is 193 g/mol. The van der Waals surface area contributed by atoms with Gasteiger partial charge in [0.2, 0.25) is 0 Å². The molecule has 1 unspecified atom stereocenters. The Kier molecular flexibility index (Phi) is 2.59. The van der Waals surface area contributed by atoms with E-state index >= 15 is 0 Å². The maximum atomic E-state index is 5.60. The van der Waals surface area contributed by atoms with Gasteiger partial charge in [-0.3, -0.25) is 4.68 Å². The predicted molar refractivity (Wildman–Crippen MR) is 57.3 cm³/mol. The van der Waals surface area contributed by atoms with Crippen LogP contribution in [0.25, 0.3) is 0 Å². The molecular weight excluding hydrogens is 174 g/mol. The number of aryl methyl sites for hydroxylation is 1. The Labute approximate surface area is 85.3 Å². The first-order valence-electron chi connectivity index (χ1n) is 5.50. The molecule has 1 aromatic rings. The minimum absolute atomic E-state index is 0.471. The summed E-state index contributed by atoms with van der Waals surface area (Å²) in [5.41, 5.74) is 8.35. The molecule has 0 fully saturated rings.